The van der Waals surface area contributed by atoms with E-state index in [4.69, 9.17) is 4.42 Å². The van der Waals surface area contributed by atoms with Gasteiger partial charge in [-0.25, -0.2) is 4.68 Å². The van der Waals surface area contributed by atoms with E-state index in [1.807, 2.05) is 48.7 Å². The summed E-state index contributed by atoms with van der Waals surface area (Å²) in [6.07, 6.45) is 3.39. The fraction of sp³-hybridized carbons (Fsp3) is 0.0476. The van der Waals surface area contributed by atoms with Crippen molar-refractivity contribution in [1.29, 1.82) is 0 Å². The normalized spacial score (nSPS) is 11.0. The largest absolute Gasteiger partial charge is 0.467 e. The molecule has 0 aliphatic carbocycles. The first-order valence-electron chi connectivity index (χ1n) is 9.05. The number of hydrogen-bond acceptors (Lipinski definition) is 5. The monoisotopic (exact) mass is 384 g/mol. The SMILES string of the molecule is O=C(NCc1ccco1)c1ccc(-n2cc(-c3n[nH]c4ccccc34)nn2)cc1. The van der Waals surface area contributed by atoms with Crippen LogP contribution in [0.3, 0.4) is 0 Å². The van der Waals surface area contributed by atoms with E-state index in [0.29, 0.717) is 23.6 Å². The Bertz CT molecular complexity index is 1270. The number of fused-ring (bicyclic) bond motifs is 1. The molecule has 0 bridgehead atoms. The minimum absolute atomic E-state index is 0.171. The fourth-order valence-corrected chi connectivity index (χ4v) is 3.11. The molecule has 8 heteroatoms. The molecule has 3 aromatic heterocycles. The standard InChI is InChI=1S/C21H16N6O2/c28-21(22-12-16-4-3-11-29-16)14-7-9-15(10-8-14)27-13-19(24-26-27)20-17-5-1-2-6-18(17)23-25-20/h1-11,13H,12H2,(H,22,28)(H,23,25). The molecule has 0 unspecified atom stereocenters. The summed E-state index contributed by atoms with van der Waals surface area (Å²) in [5.41, 5.74) is 3.72. The number of H-pyrrole nitrogens is 1. The summed E-state index contributed by atoms with van der Waals surface area (Å²) in [4.78, 5) is 12.3. The van der Waals surface area contributed by atoms with Gasteiger partial charge in [0.05, 0.1) is 30.2 Å². The number of aromatic amines is 1. The van der Waals surface area contributed by atoms with E-state index in [1.165, 1.54) is 0 Å². The van der Waals surface area contributed by atoms with Gasteiger partial charge >= 0.3 is 0 Å². The minimum Gasteiger partial charge on any atom is -0.467 e. The van der Waals surface area contributed by atoms with Crippen LogP contribution in [0.25, 0.3) is 28.0 Å². The Hall–Kier alpha value is -4.20. The van der Waals surface area contributed by atoms with Gasteiger partial charge in [-0.15, -0.1) is 5.10 Å². The zero-order valence-corrected chi connectivity index (χ0v) is 15.2. The number of rotatable bonds is 5. The summed E-state index contributed by atoms with van der Waals surface area (Å²) in [5.74, 6) is 0.534. The molecule has 5 rings (SSSR count). The van der Waals surface area contributed by atoms with Crippen LogP contribution in [-0.2, 0) is 6.54 Å². The quantitative estimate of drug-likeness (QED) is 0.484. The highest BCUT2D eigenvalue weighted by molar-refractivity contribution is 5.94. The lowest BCUT2D eigenvalue weighted by Crippen LogP contribution is -2.22. The Balaban J connectivity index is 1.33. The molecule has 0 fully saturated rings. The van der Waals surface area contributed by atoms with Crippen molar-refractivity contribution in [3.63, 3.8) is 0 Å². The van der Waals surface area contributed by atoms with Crippen LogP contribution in [0.1, 0.15) is 16.1 Å². The van der Waals surface area contributed by atoms with Crippen LogP contribution in [-0.4, -0.2) is 31.1 Å². The molecule has 0 aliphatic rings. The molecule has 0 saturated heterocycles. The first kappa shape index (κ1) is 16.9. The third-order valence-electron chi connectivity index (χ3n) is 4.60. The van der Waals surface area contributed by atoms with Crippen LogP contribution < -0.4 is 5.32 Å². The molecule has 0 spiro atoms. The second-order valence-electron chi connectivity index (χ2n) is 6.48. The summed E-state index contributed by atoms with van der Waals surface area (Å²) < 4.78 is 6.87. The van der Waals surface area contributed by atoms with Crippen molar-refractivity contribution in [1.82, 2.24) is 30.5 Å². The number of carbonyl (C=O) groups is 1. The molecule has 142 valence electrons. The number of furan rings is 1. The van der Waals surface area contributed by atoms with Crippen molar-refractivity contribution >= 4 is 16.8 Å². The molecule has 0 saturated carbocycles. The van der Waals surface area contributed by atoms with Crippen molar-refractivity contribution in [2.75, 3.05) is 0 Å². The molecule has 2 aromatic carbocycles. The van der Waals surface area contributed by atoms with E-state index in [-0.39, 0.29) is 5.91 Å². The third kappa shape index (κ3) is 3.27. The summed E-state index contributed by atoms with van der Waals surface area (Å²) in [5, 5.41) is 19.6. The number of carbonyl (C=O) groups excluding carboxylic acids is 1. The van der Waals surface area contributed by atoms with Gasteiger partial charge in [-0.2, -0.15) is 5.10 Å². The second-order valence-corrected chi connectivity index (χ2v) is 6.48. The van der Waals surface area contributed by atoms with E-state index in [9.17, 15) is 4.79 Å². The van der Waals surface area contributed by atoms with E-state index < -0.39 is 0 Å². The van der Waals surface area contributed by atoms with Gasteiger partial charge in [0.25, 0.3) is 5.91 Å². The average Bonchev–Trinajstić information content (AvgIpc) is 3.52. The summed E-state index contributed by atoms with van der Waals surface area (Å²) in [7, 11) is 0. The van der Waals surface area contributed by atoms with E-state index in [2.05, 4.69) is 25.8 Å². The Morgan fingerprint density at radius 2 is 1.93 bits per heavy atom. The molecule has 0 atom stereocenters. The van der Waals surface area contributed by atoms with Crippen molar-refractivity contribution in [3.05, 3.63) is 84.4 Å². The van der Waals surface area contributed by atoms with E-state index >= 15 is 0 Å². The lowest BCUT2D eigenvalue weighted by atomic mass is 10.2. The first-order valence-corrected chi connectivity index (χ1v) is 9.05. The number of nitrogens with one attached hydrogen (secondary N) is 2. The number of amides is 1. The zero-order chi connectivity index (χ0) is 19.6. The van der Waals surface area contributed by atoms with Crippen molar-refractivity contribution < 1.29 is 9.21 Å². The molecule has 2 N–H and O–H groups in total. The highest BCUT2D eigenvalue weighted by Crippen LogP contribution is 2.24. The van der Waals surface area contributed by atoms with Crippen LogP contribution in [0.15, 0.2) is 77.5 Å². The molecular weight excluding hydrogens is 368 g/mol. The van der Waals surface area contributed by atoms with Crippen LogP contribution >= 0.6 is 0 Å². The highest BCUT2D eigenvalue weighted by atomic mass is 16.3. The molecule has 5 aromatic rings. The third-order valence-corrected chi connectivity index (χ3v) is 4.60. The Kier molecular flexibility index (Phi) is 4.14. The average molecular weight is 384 g/mol. The summed E-state index contributed by atoms with van der Waals surface area (Å²) in [6, 6.07) is 18.6. The highest BCUT2D eigenvalue weighted by Gasteiger charge is 2.13. The number of nitrogens with zero attached hydrogens (tertiary/aromatic N) is 4. The van der Waals surface area contributed by atoms with E-state index in [0.717, 1.165) is 22.3 Å². The molecule has 29 heavy (non-hydrogen) atoms. The number of para-hydroxylation sites is 1. The van der Waals surface area contributed by atoms with Crippen molar-refractivity contribution in [2.45, 2.75) is 6.54 Å². The molecule has 8 nitrogen and oxygen atoms in total. The maximum atomic E-state index is 12.3. The molecular formula is C21H16N6O2. The number of benzene rings is 2. The summed E-state index contributed by atoms with van der Waals surface area (Å²) >= 11 is 0. The Labute approximate surface area is 165 Å². The molecule has 0 radical (unpaired) electrons. The Morgan fingerprint density at radius 3 is 2.76 bits per heavy atom. The van der Waals surface area contributed by atoms with Crippen LogP contribution in [0, 0.1) is 0 Å². The molecule has 1 amide bonds. The Morgan fingerprint density at radius 1 is 1.07 bits per heavy atom. The minimum atomic E-state index is -0.171. The predicted molar refractivity (Wildman–Crippen MR) is 106 cm³/mol. The lowest BCUT2D eigenvalue weighted by molar-refractivity contribution is 0.0948. The van der Waals surface area contributed by atoms with Gasteiger partial charge in [-0.1, -0.05) is 23.4 Å². The zero-order valence-electron chi connectivity index (χ0n) is 15.2. The van der Waals surface area contributed by atoms with Gasteiger partial charge < -0.3 is 9.73 Å². The van der Waals surface area contributed by atoms with E-state index in [1.54, 1.807) is 29.1 Å². The smallest absolute Gasteiger partial charge is 0.251 e. The fourth-order valence-electron chi connectivity index (χ4n) is 3.11. The van der Waals surface area contributed by atoms with Gasteiger partial charge in [0.15, 0.2) is 0 Å². The maximum Gasteiger partial charge on any atom is 0.251 e. The maximum absolute atomic E-state index is 12.3. The first-order chi connectivity index (χ1) is 14.3. The van der Waals surface area contributed by atoms with Gasteiger partial charge in [-0.05, 0) is 42.5 Å². The summed E-state index contributed by atoms with van der Waals surface area (Å²) in [6.45, 7) is 0.345. The topological polar surface area (TPSA) is 102 Å². The van der Waals surface area contributed by atoms with Crippen molar-refractivity contribution in [3.8, 4) is 17.1 Å². The molecule has 0 aliphatic heterocycles. The second kappa shape index (κ2) is 7.08. The lowest BCUT2D eigenvalue weighted by Gasteiger charge is -2.05. The van der Waals surface area contributed by atoms with Crippen LogP contribution in [0.2, 0.25) is 0 Å². The van der Waals surface area contributed by atoms with Crippen molar-refractivity contribution in [2.24, 2.45) is 0 Å². The molecule has 3 heterocycles. The van der Waals surface area contributed by atoms with Gasteiger partial charge in [-0.3, -0.25) is 9.89 Å². The van der Waals surface area contributed by atoms with Gasteiger partial charge in [0.2, 0.25) is 0 Å². The van der Waals surface area contributed by atoms with Gasteiger partial charge in [0, 0.05) is 10.9 Å². The van der Waals surface area contributed by atoms with Gasteiger partial charge in [0.1, 0.15) is 17.1 Å². The number of aromatic nitrogens is 5. The van der Waals surface area contributed by atoms with Crippen LogP contribution in [0.4, 0.5) is 0 Å². The number of hydrogen-bond donors (Lipinski definition) is 2. The predicted octanol–water partition coefficient (Wildman–Crippen LogP) is 3.33. The van der Waals surface area contributed by atoms with Crippen LogP contribution in [0.5, 0.6) is 0 Å².